The van der Waals surface area contributed by atoms with Gasteiger partial charge in [0.05, 0.1) is 6.04 Å². The van der Waals surface area contributed by atoms with Crippen molar-refractivity contribution in [3.63, 3.8) is 0 Å². The van der Waals surface area contributed by atoms with E-state index in [4.69, 9.17) is 5.73 Å². The molecule has 1 aromatic heterocycles. The van der Waals surface area contributed by atoms with E-state index in [1.165, 1.54) is 10.6 Å². The van der Waals surface area contributed by atoms with E-state index in [0.29, 0.717) is 6.04 Å². The van der Waals surface area contributed by atoms with Gasteiger partial charge < -0.3 is 10.6 Å². The van der Waals surface area contributed by atoms with Gasteiger partial charge >= 0.3 is 0 Å². The van der Waals surface area contributed by atoms with Crippen LogP contribution in [0.25, 0.3) is 0 Å². The van der Waals surface area contributed by atoms with Gasteiger partial charge in [0, 0.05) is 28.1 Å². The number of benzene rings is 1. The molecule has 2 rings (SSSR count). The first-order valence-corrected chi connectivity index (χ1v) is 7.99. The van der Waals surface area contributed by atoms with Crippen LogP contribution >= 0.6 is 27.3 Å². The van der Waals surface area contributed by atoms with Crippen LogP contribution < -0.4 is 10.6 Å². The zero-order valence-electron chi connectivity index (χ0n) is 11.4. The standard InChI is InChI=1S/C15H19BrN2S/c1-10(17)13-7-6-12(9-14(13)16)18(3)11(2)15-5-4-8-19-15/h4-11H,17H2,1-3H3/t10-,11?/m1/s1. The highest BCUT2D eigenvalue weighted by molar-refractivity contribution is 9.10. The van der Waals surface area contributed by atoms with Gasteiger partial charge in [-0.15, -0.1) is 11.3 Å². The zero-order chi connectivity index (χ0) is 14.0. The first kappa shape index (κ1) is 14.6. The Kier molecular flexibility index (Phi) is 4.66. The van der Waals surface area contributed by atoms with Crippen LogP contribution in [0.3, 0.4) is 0 Å². The van der Waals surface area contributed by atoms with Crippen molar-refractivity contribution in [1.82, 2.24) is 0 Å². The lowest BCUT2D eigenvalue weighted by Gasteiger charge is -2.27. The summed E-state index contributed by atoms with van der Waals surface area (Å²) in [5.74, 6) is 0. The number of hydrogen-bond donors (Lipinski definition) is 1. The second kappa shape index (κ2) is 6.07. The Morgan fingerprint density at radius 3 is 2.53 bits per heavy atom. The number of halogens is 1. The maximum atomic E-state index is 5.94. The van der Waals surface area contributed by atoms with Crippen molar-refractivity contribution in [2.75, 3.05) is 11.9 Å². The van der Waals surface area contributed by atoms with Crippen molar-refractivity contribution in [1.29, 1.82) is 0 Å². The van der Waals surface area contributed by atoms with Crippen molar-refractivity contribution in [3.8, 4) is 0 Å². The van der Waals surface area contributed by atoms with Gasteiger partial charge in [0.1, 0.15) is 0 Å². The molecule has 0 amide bonds. The number of hydrogen-bond acceptors (Lipinski definition) is 3. The van der Waals surface area contributed by atoms with Gasteiger partial charge in [-0.2, -0.15) is 0 Å². The van der Waals surface area contributed by atoms with Crippen LogP contribution in [0.4, 0.5) is 5.69 Å². The van der Waals surface area contributed by atoms with Gasteiger partial charge in [-0.25, -0.2) is 0 Å². The van der Waals surface area contributed by atoms with E-state index in [1.807, 2.05) is 6.92 Å². The Labute approximate surface area is 127 Å². The quantitative estimate of drug-likeness (QED) is 0.873. The van der Waals surface area contributed by atoms with Crippen molar-refractivity contribution in [2.24, 2.45) is 5.73 Å². The molecular weight excluding hydrogens is 320 g/mol. The summed E-state index contributed by atoms with van der Waals surface area (Å²) < 4.78 is 1.07. The fourth-order valence-electron chi connectivity index (χ4n) is 2.05. The third-order valence-electron chi connectivity index (χ3n) is 3.42. The third kappa shape index (κ3) is 3.19. The summed E-state index contributed by atoms with van der Waals surface area (Å²) >= 11 is 5.40. The van der Waals surface area contributed by atoms with Gasteiger partial charge in [0.2, 0.25) is 0 Å². The molecule has 0 bridgehead atoms. The Balaban J connectivity index is 2.24. The molecule has 2 aromatic rings. The maximum Gasteiger partial charge on any atom is 0.0603 e. The van der Waals surface area contributed by atoms with E-state index < -0.39 is 0 Å². The van der Waals surface area contributed by atoms with Crippen LogP contribution in [-0.2, 0) is 0 Å². The highest BCUT2D eigenvalue weighted by Gasteiger charge is 2.14. The lowest BCUT2D eigenvalue weighted by atomic mass is 10.1. The second-order valence-electron chi connectivity index (χ2n) is 4.80. The molecule has 1 heterocycles. The van der Waals surface area contributed by atoms with Crippen molar-refractivity contribution in [3.05, 3.63) is 50.6 Å². The monoisotopic (exact) mass is 338 g/mol. The molecule has 0 aliphatic rings. The molecule has 0 radical (unpaired) electrons. The molecule has 1 aromatic carbocycles. The Hall–Kier alpha value is -0.840. The predicted molar refractivity (Wildman–Crippen MR) is 87.9 cm³/mol. The molecule has 4 heteroatoms. The van der Waals surface area contributed by atoms with Crippen LogP contribution in [-0.4, -0.2) is 7.05 Å². The smallest absolute Gasteiger partial charge is 0.0603 e. The SMILES string of the molecule is CC(c1cccs1)N(C)c1ccc([C@@H](C)N)c(Br)c1. The van der Waals surface area contributed by atoms with Gasteiger partial charge in [0.15, 0.2) is 0 Å². The van der Waals surface area contributed by atoms with Crippen LogP contribution in [0.1, 0.15) is 36.4 Å². The molecule has 0 aliphatic carbocycles. The molecule has 0 aliphatic heterocycles. The number of nitrogens with zero attached hydrogens (tertiary/aromatic N) is 1. The molecule has 2 atom stereocenters. The summed E-state index contributed by atoms with van der Waals surface area (Å²) in [6, 6.07) is 11.1. The topological polar surface area (TPSA) is 29.3 Å². The minimum Gasteiger partial charge on any atom is -0.367 e. The average Bonchev–Trinajstić information content (AvgIpc) is 2.90. The summed E-state index contributed by atoms with van der Waals surface area (Å²) in [4.78, 5) is 3.65. The van der Waals surface area contributed by atoms with Gasteiger partial charge in [-0.3, -0.25) is 0 Å². The fraction of sp³-hybridized carbons (Fsp3) is 0.333. The molecule has 2 N–H and O–H groups in total. The molecule has 2 nitrogen and oxygen atoms in total. The van der Waals surface area contributed by atoms with Crippen LogP contribution in [0.5, 0.6) is 0 Å². The largest absolute Gasteiger partial charge is 0.367 e. The molecule has 1 unspecified atom stereocenters. The van der Waals surface area contributed by atoms with E-state index in [0.717, 1.165) is 10.0 Å². The molecule has 0 fully saturated rings. The second-order valence-corrected chi connectivity index (χ2v) is 6.63. The van der Waals surface area contributed by atoms with Gasteiger partial charge in [-0.1, -0.05) is 28.1 Å². The van der Waals surface area contributed by atoms with Crippen molar-refractivity contribution < 1.29 is 0 Å². The Morgan fingerprint density at radius 1 is 1.26 bits per heavy atom. The van der Waals surface area contributed by atoms with Crippen molar-refractivity contribution >= 4 is 33.0 Å². The summed E-state index contributed by atoms with van der Waals surface area (Å²) in [5.41, 5.74) is 8.27. The van der Waals surface area contributed by atoms with Gasteiger partial charge in [0.25, 0.3) is 0 Å². The highest BCUT2D eigenvalue weighted by atomic mass is 79.9. The molecule has 102 valence electrons. The maximum absolute atomic E-state index is 5.94. The fourth-order valence-corrected chi connectivity index (χ4v) is 3.60. The first-order valence-electron chi connectivity index (χ1n) is 6.32. The lowest BCUT2D eigenvalue weighted by molar-refractivity contribution is 0.752. The predicted octanol–water partition coefficient (Wildman–Crippen LogP) is 4.73. The number of thiophene rings is 1. The summed E-state index contributed by atoms with van der Waals surface area (Å²) in [7, 11) is 2.12. The van der Waals surface area contributed by atoms with E-state index in [2.05, 4.69) is 70.5 Å². The first-order chi connectivity index (χ1) is 9.00. The van der Waals surface area contributed by atoms with Crippen LogP contribution in [0, 0.1) is 0 Å². The average molecular weight is 339 g/mol. The molecule has 19 heavy (non-hydrogen) atoms. The Bertz CT molecular complexity index is 537. The lowest BCUT2D eigenvalue weighted by Crippen LogP contribution is -2.21. The number of anilines is 1. The van der Waals surface area contributed by atoms with Crippen LogP contribution in [0.2, 0.25) is 0 Å². The minimum absolute atomic E-state index is 0.0449. The molecule has 0 saturated carbocycles. The zero-order valence-corrected chi connectivity index (χ0v) is 13.8. The van der Waals surface area contributed by atoms with E-state index in [-0.39, 0.29) is 6.04 Å². The number of rotatable bonds is 4. The Morgan fingerprint density at radius 2 is 2.00 bits per heavy atom. The summed E-state index contributed by atoms with van der Waals surface area (Å²) in [5, 5.41) is 2.12. The molecular formula is C15H19BrN2S. The normalized spacial score (nSPS) is 14.2. The van der Waals surface area contributed by atoms with E-state index >= 15 is 0 Å². The molecule has 0 spiro atoms. The van der Waals surface area contributed by atoms with Crippen LogP contribution in [0.15, 0.2) is 40.2 Å². The third-order valence-corrected chi connectivity index (χ3v) is 5.15. The van der Waals surface area contributed by atoms with E-state index in [9.17, 15) is 0 Å². The van der Waals surface area contributed by atoms with E-state index in [1.54, 1.807) is 11.3 Å². The summed E-state index contributed by atoms with van der Waals surface area (Å²) in [6.45, 7) is 4.22. The highest BCUT2D eigenvalue weighted by Crippen LogP contribution is 2.32. The molecule has 0 saturated heterocycles. The van der Waals surface area contributed by atoms with Crippen molar-refractivity contribution in [2.45, 2.75) is 25.9 Å². The summed E-state index contributed by atoms with van der Waals surface area (Å²) in [6.07, 6.45) is 0. The van der Waals surface area contributed by atoms with Gasteiger partial charge in [-0.05, 0) is 43.0 Å². The minimum atomic E-state index is 0.0449. The number of nitrogens with two attached hydrogens (primary N) is 1.